The van der Waals surface area contributed by atoms with E-state index in [4.69, 9.17) is 13.6 Å². The topological polar surface area (TPSA) is 86.7 Å². The summed E-state index contributed by atoms with van der Waals surface area (Å²) in [4.78, 5) is 11.7. The number of rotatable bonds is 7. The summed E-state index contributed by atoms with van der Waals surface area (Å²) in [5, 5.41) is 1.83. The molecule has 0 amide bonds. The average Bonchev–Trinajstić information content (AvgIpc) is 2.87. The van der Waals surface area contributed by atoms with Crippen LogP contribution in [0.5, 0.6) is 0 Å². The summed E-state index contributed by atoms with van der Waals surface area (Å²) in [6.45, 7) is 6.53. The van der Waals surface area contributed by atoms with Crippen LogP contribution in [0.25, 0.3) is 21.9 Å². The first kappa shape index (κ1) is 19.6. The van der Waals surface area contributed by atoms with Crippen molar-refractivity contribution < 1.29 is 22.0 Å². The van der Waals surface area contributed by atoms with Crippen LogP contribution in [-0.4, -0.2) is 27.0 Å². The van der Waals surface area contributed by atoms with Crippen molar-refractivity contribution in [1.82, 2.24) is 0 Å². The summed E-state index contributed by atoms with van der Waals surface area (Å²) < 4.78 is 39.4. The van der Waals surface area contributed by atoms with E-state index in [2.05, 4.69) is 0 Å². The number of unbranched alkanes of at least 4 members (excludes halogenated alkanes) is 1. The molecular weight excluding hydrogens is 368 g/mol. The maximum atomic E-state index is 11.7. The molecule has 27 heavy (non-hydrogen) atoms. The predicted molar refractivity (Wildman–Crippen MR) is 105 cm³/mol. The maximum Gasteiger partial charge on any atom is 0.336 e. The monoisotopic (exact) mass is 392 g/mol. The Morgan fingerprint density at radius 1 is 1.00 bits per heavy atom. The van der Waals surface area contributed by atoms with Crippen LogP contribution in [-0.2, 0) is 21.2 Å². The summed E-state index contributed by atoms with van der Waals surface area (Å²) in [6.07, 6.45) is 2.52. The molecule has 146 valence electrons. The molecule has 0 atom stereocenters. The number of sulfone groups is 1. The average molecular weight is 392 g/mol. The highest BCUT2D eigenvalue weighted by atomic mass is 32.2. The number of furan rings is 1. The van der Waals surface area contributed by atoms with Gasteiger partial charge in [0.1, 0.15) is 26.8 Å². The lowest BCUT2D eigenvalue weighted by atomic mass is 10.0. The van der Waals surface area contributed by atoms with Gasteiger partial charge in [0.25, 0.3) is 0 Å². The van der Waals surface area contributed by atoms with Crippen LogP contribution in [0.2, 0.25) is 0 Å². The Balaban J connectivity index is 1.84. The molecule has 2 aromatic heterocycles. The van der Waals surface area contributed by atoms with Gasteiger partial charge in [-0.2, -0.15) is 0 Å². The zero-order valence-electron chi connectivity index (χ0n) is 16.0. The van der Waals surface area contributed by atoms with Crippen molar-refractivity contribution in [3.8, 4) is 0 Å². The Kier molecular flexibility index (Phi) is 5.44. The summed E-state index contributed by atoms with van der Waals surface area (Å²) in [5.74, 6) is 0.944. The fourth-order valence-corrected chi connectivity index (χ4v) is 4.00. The molecule has 0 saturated carbocycles. The smallest absolute Gasteiger partial charge is 0.336 e. The van der Waals surface area contributed by atoms with E-state index in [9.17, 15) is 13.2 Å². The Morgan fingerprint density at radius 2 is 1.70 bits per heavy atom. The third-order valence-electron chi connectivity index (χ3n) is 4.73. The summed E-state index contributed by atoms with van der Waals surface area (Å²) >= 11 is 0. The van der Waals surface area contributed by atoms with Crippen molar-refractivity contribution >= 4 is 31.8 Å². The van der Waals surface area contributed by atoms with Gasteiger partial charge in [-0.15, -0.1) is 0 Å². The molecule has 0 saturated heterocycles. The molecule has 0 aliphatic heterocycles. The van der Waals surface area contributed by atoms with E-state index in [1.807, 2.05) is 26.8 Å². The number of hydrogen-bond donors (Lipinski definition) is 0. The van der Waals surface area contributed by atoms with Crippen molar-refractivity contribution in [2.45, 2.75) is 40.2 Å². The van der Waals surface area contributed by atoms with Crippen LogP contribution in [0, 0.1) is 20.8 Å². The zero-order chi connectivity index (χ0) is 19.8. The Morgan fingerprint density at radius 3 is 2.41 bits per heavy atom. The van der Waals surface area contributed by atoms with Crippen LogP contribution >= 0.6 is 0 Å². The lowest BCUT2D eigenvalue weighted by Gasteiger charge is -2.06. The summed E-state index contributed by atoms with van der Waals surface area (Å²) in [5.41, 5.74) is 3.49. The van der Waals surface area contributed by atoms with Gasteiger partial charge in [0, 0.05) is 46.6 Å². The molecule has 0 bridgehead atoms. The molecule has 0 radical (unpaired) electrons. The van der Waals surface area contributed by atoms with Gasteiger partial charge in [0.15, 0.2) is 0 Å². The van der Waals surface area contributed by atoms with Gasteiger partial charge in [-0.1, -0.05) is 0 Å². The van der Waals surface area contributed by atoms with Gasteiger partial charge >= 0.3 is 5.63 Å². The van der Waals surface area contributed by atoms with E-state index in [0.29, 0.717) is 37.2 Å². The minimum absolute atomic E-state index is 0.180. The van der Waals surface area contributed by atoms with Gasteiger partial charge in [0.2, 0.25) is 0 Å². The number of hydrogen-bond acceptors (Lipinski definition) is 6. The fourth-order valence-electron chi connectivity index (χ4n) is 3.27. The molecule has 2 heterocycles. The number of fused-ring (bicyclic) bond motifs is 2. The normalized spacial score (nSPS) is 12.3. The quantitative estimate of drug-likeness (QED) is 0.449. The predicted octanol–water partition coefficient (Wildman–Crippen LogP) is 3.81. The van der Waals surface area contributed by atoms with Crippen LogP contribution < -0.4 is 5.63 Å². The standard InChI is InChI=1S/C20H24O6S/c1-12-9-18(21)26-19-13(2)20-16(10-15(12)19)17(14(3)25-20)11-24-7-5-6-8-27(4,22)23/h9-10H,5-8,11H2,1-4H3. The SMILES string of the molecule is Cc1oc2c(C)c3oc(=O)cc(C)c3cc2c1COCCCCS(C)(=O)=O. The summed E-state index contributed by atoms with van der Waals surface area (Å²) in [6, 6.07) is 3.47. The fraction of sp³-hybridized carbons (Fsp3) is 0.450. The molecular formula is C20H24O6S. The molecule has 0 fully saturated rings. The van der Waals surface area contributed by atoms with Gasteiger partial charge in [-0.25, -0.2) is 13.2 Å². The first-order chi connectivity index (χ1) is 12.7. The van der Waals surface area contributed by atoms with Crippen molar-refractivity contribution in [1.29, 1.82) is 0 Å². The highest BCUT2D eigenvalue weighted by Crippen LogP contribution is 2.34. The van der Waals surface area contributed by atoms with E-state index in [1.54, 1.807) is 0 Å². The van der Waals surface area contributed by atoms with Crippen LogP contribution in [0.15, 0.2) is 25.8 Å². The van der Waals surface area contributed by atoms with Crippen LogP contribution in [0.3, 0.4) is 0 Å². The minimum Gasteiger partial charge on any atom is -0.461 e. The first-order valence-corrected chi connectivity index (χ1v) is 10.9. The molecule has 7 heteroatoms. The van der Waals surface area contributed by atoms with Gasteiger partial charge < -0.3 is 13.6 Å². The number of ether oxygens (including phenoxy) is 1. The third kappa shape index (κ3) is 4.25. The molecule has 1 aromatic carbocycles. The molecule has 0 unspecified atom stereocenters. The van der Waals surface area contributed by atoms with Gasteiger partial charge in [-0.05, 0) is 45.2 Å². The third-order valence-corrected chi connectivity index (χ3v) is 5.76. The van der Waals surface area contributed by atoms with Crippen LogP contribution in [0.4, 0.5) is 0 Å². The second-order valence-corrected chi connectivity index (χ2v) is 9.29. The van der Waals surface area contributed by atoms with E-state index < -0.39 is 9.84 Å². The molecule has 3 rings (SSSR count). The van der Waals surface area contributed by atoms with Crippen LogP contribution in [0.1, 0.15) is 35.3 Å². The van der Waals surface area contributed by atoms with Gasteiger partial charge in [0.05, 0.1) is 6.61 Å². The number of aryl methyl sites for hydroxylation is 3. The van der Waals surface area contributed by atoms with E-state index >= 15 is 0 Å². The zero-order valence-corrected chi connectivity index (χ0v) is 16.9. The molecule has 0 aliphatic carbocycles. The second-order valence-electron chi connectivity index (χ2n) is 7.03. The molecule has 6 nitrogen and oxygen atoms in total. The first-order valence-electron chi connectivity index (χ1n) is 8.89. The highest BCUT2D eigenvalue weighted by Gasteiger charge is 2.17. The molecule has 3 aromatic rings. The molecule has 0 spiro atoms. The Bertz CT molecular complexity index is 1150. The maximum absolute atomic E-state index is 11.7. The van der Waals surface area contributed by atoms with E-state index in [-0.39, 0.29) is 11.4 Å². The van der Waals surface area contributed by atoms with E-state index in [1.165, 1.54) is 12.3 Å². The highest BCUT2D eigenvalue weighted by molar-refractivity contribution is 7.90. The Hall–Kier alpha value is -2.12. The Labute approximate surface area is 158 Å². The lowest BCUT2D eigenvalue weighted by Crippen LogP contribution is -2.04. The van der Waals surface area contributed by atoms with Crippen molar-refractivity contribution in [2.24, 2.45) is 0 Å². The van der Waals surface area contributed by atoms with Crippen molar-refractivity contribution in [3.63, 3.8) is 0 Å². The summed E-state index contributed by atoms with van der Waals surface area (Å²) in [7, 11) is -2.92. The molecule has 0 aliphatic rings. The van der Waals surface area contributed by atoms with Crippen molar-refractivity contribution in [2.75, 3.05) is 18.6 Å². The van der Waals surface area contributed by atoms with Crippen molar-refractivity contribution in [3.05, 3.63) is 45.0 Å². The lowest BCUT2D eigenvalue weighted by molar-refractivity contribution is 0.118. The largest absolute Gasteiger partial charge is 0.461 e. The second kappa shape index (κ2) is 7.48. The van der Waals surface area contributed by atoms with Gasteiger partial charge in [-0.3, -0.25) is 0 Å². The number of benzene rings is 1. The van der Waals surface area contributed by atoms with E-state index in [0.717, 1.165) is 33.2 Å². The minimum atomic E-state index is -2.92. The molecule has 0 N–H and O–H groups in total.